The summed E-state index contributed by atoms with van der Waals surface area (Å²) in [7, 11) is -5.13. The Hall–Kier alpha value is -1.78. The van der Waals surface area contributed by atoms with Crippen LogP contribution in [-0.4, -0.2) is 64.3 Å². The second-order valence-electron chi connectivity index (χ2n) is 8.39. The Bertz CT molecular complexity index is 663. The molecule has 31 heavy (non-hydrogen) atoms. The Morgan fingerprint density at radius 2 is 1.26 bits per heavy atom. The van der Waals surface area contributed by atoms with Gasteiger partial charge in [-0.1, -0.05) is 0 Å². The maximum absolute atomic E-state index is 14.9. The van der Waals surface area contributed by atoms with Gasteiger partial charge >= 0.3 is 31.4 Å². The second-order valence-corrected chi connectivity index (χ2v) is 10.6. The topological polar surface area (TPSA) is 129 Å². The van der Waals surface area contributed by atoms with Gasteiger partial charge in [0.05, 0.1) is 19.6 Å². The number of carbonyl (C=O) groups is 3. The molecule has 0 spiro atoms. The Labute approximate surface area is 180 Å². The molecule has 0 fully saturated rings. The predicted octanol–water partition coefficient (Wildman–Crippen LogP) is 4.86. The zero-order valence-electron chi connectivity index (χ0n) is 19.1. The Morgan fingerprint density at radius 1 is 0.903 bits per heavy atom. The lowest BCUT2D eigenvalue weighted by atomic mass is 10.1. The number of aliphatic carboxylic acids is 1. The van der Waals surface area contributed by atoms with E-state index >= 15 is 0 Å². The molecule has 0 aliphatic carbocycles. The summed E-state index contributed by atoms with van der Waals surface area (Å²) in [5.41, 5.74) is -6.73. The van der Waals surface area contributed by atoms with Crippen molar-refractivity contribution in [3.05, 3.63) is 0 Å². The van der Waals surface area contributed by atoms with Gasteiger partial charge in [0.25, 0.3) is 0 Å². The molecule has 0 unspecified atom stereocenters. The number of nitrogens with zero attached hydrogens (tertiary/aromatic N) is 1. The summed E-state index contributed by atoms with van der Waals surface area (Å²) >= 11 is 0. The quantitative estimate of drug-likeness (QED) is 0.465. The van der Waals surface area contributed by atoms with E-state index in [2.05, 4.69) is 9.05 Å². The number of carbonyl (C=O) groups excluding carboxylic acids is 2. The van der Waals surface area contributed by atoms with Crippen LogP contribution in [0.4, 0.5) is 18.4 Å². The van der Waals surface area contributed by atoms with Crippen LogP contribution in [0.25, 0.3) is 0 Å². The van der Waals surface area contributed by atoms with E-state index in [1.165, 1.54) is 55.4 Å². The first-order valence-corrected chi connectivity index (χ1v) is 11.1. The highest BCUT2D eigenvalue weighted by Crippen LogP contribution is 2.63. The maximum atomic E-state index is 14.9. The van der Waals surface area contributed by atoms with Crippen LogP contribution in [0, 0.1) is 0 Å². The number of ether oxygens (including phenoxy) is 2. The van der Waals surface area contributed by atoms with Crippen LogP contribution in [0.2, 0.25) is 0 Å². The van der Waals surface area contributed by atoms with Gasteiger partial charge in [0, 0.05) is 0 Å². The molecule has 0 saturated carbocycles. The number of carboxylic acid groups (broad SMARTS) is 1. The fraction of sp³-hybridized carbons (Fsp3) is 0.833. The number of imide groups is 1. The molecular formula is C18H32F2NO9P. The zero-order valence-corrected chi connectivity index (χ0v) is 20.0. The molecule has 0 aromatic heterocycles. The first kappa shape index (κ1) is 29.2. The second kappa shape index (κ2) is 10.7. The highest BCUT2D eigenvalue weighted by Gasteiger charge is 2.57. The van der Waals surface area contributed by atoms with Crippen molar-refractivity contribution >= 4 is 25.8 Å². The summed E-state index contributed by atoms with van der Waals surface area (Å²) < 4.78 is 61.6. The standard InChI is InChI=1S/C18H32F2NO9P/c1-9-27-31(26,28-10-2)18(19,20)11-12(13(22)23)21(14(24)29-16(3,4)5)15(25)30-17(6,7)8/h12H,9-11H2,1-8H3,(H,22,23)/t12-/m0/s1. The van der Waals surface area contributed by atoms with Crippen LogP contribution in [0.15, 0.2) is 0 Å². The van der Waals surface area contributed by atoms with Gasteiger partial charge in [-0.2, -0.15) is 13.7 Å². The lowest BCUT2D eigenvalue weighted by Crippen LogP contribution is -2.53. The smallest absolute Gasteiger partial charge is 0.420 e. The summed E-state index contributed by atoms with van der Waals surface area (Å²) in [6.45, 7) is 10.4. The predicted molar refractivity (Wildman–Crippen MR) is 106 cm³/mol. The van der Waals surface area contributed by atoms with Gasteiger partial charge in [0.15, 0.2) is 6.04 Å². The van der Waals surface area contributed by atoms with E-state index in [1.807, 2.05) is 0 Å². The molecule has 0 aliphatic heterocycles. The van der Waals surface area contributed by atoms with E-state index in [0.717, 1.165) is 0 Å². The molecular weight excluding hydrogens is 443 g/mol. The molecule has 1 atom stereocenters. The molecule has 0 aliphatic rings. The Morgan fingerprint density at radius 3 is 1.52 bits per heavy atom. The minimum atomic E-state index is -5.13. The van der Waals surface area contributed by atoms with Gasteiger partial charge in [-0.05, 0) is 55.4 Å². The van der Waals surface area contributed by atoms with Crippen molar-refractivity contribution in [2.75, 3.05) is 13.2 Å². The van der Waals surface area contributed by atoms with E-state index < -0.39 is 68.3 Å². The average molecular weight is 475 g/mol. The molecule has 0 aromatic carbocycles. The van der Waals surface area contributed by atoms with Gasteiger partial charge < -0.3 is 23.6 Å². The van der Waals surface area contributed by atoms with Crippen molar-refractivity contribution in [1.82, 2.24) is 4.90 Å². The summed E-state index contributed by atoms with van der Waals surface area (Å²) in [6.07, 6.45) is -4.79. The van der Waals surface area contributed by atoms with Gasteiger partial charge in [-0.25, -0.2) is 14.4 Å². The monoisotopic (exact) mass is 475 g/mol. The van der Waals surface area contributed by atoms with Crippen molar-refractivity contribution in [1.29, 1.82) is 0 Å². The highest BCUT2D eigenvalue weighted by atomic mass is 31.2. The summed E-state index contributed by atoms with van der Waals surface area (Å²) in [4.78, 5) is 36.9. The summed E-state index contributed by atoms with van der Waals surface area (Å²) in [5.74, 6) is -1.98. The van der Waals surface area contributed by atoms with E-state index in [4.69, 9.17) is 9.47 Å². The van der Waals surface area contributed by atoms with E-state index in [-0.39, 0.29) is 4.90 Å². The van der Waals surface area contributed by atoms with Gasteiger partial charge in [0.1, 0.15) is 11.2 Å². The first-order chi connectivity index (χ1) is 13.8. The van der Waals surface area contributed by atoms with Crippen LogP contribution < -0.4 is 0 Å². The van der Waals surface area contributed by atoms with Gasteiger partial charge in [0.2, 0.25) is 0 Å². The summed E-state index contributed by atoms with van der Waals surface area (Å²) in [5, 5.41) is 9.57. The maximum Gasteiger partial charge on any atom is 0.420 e. The van der Waals surface area contributed by atoms with Crippen molar-refractivity contribution in [3.63, 3.8) is 0 Å². The number of alkyl halides is 2. The molecule has 10 nitrogen and oxygen atoms in total. The van der Waals surface area contributed by atoms with Crippen molar-refractivity contribution in [2.45, 2.75) is 84.7 Å². The first-order valence-electron chi connectivity index (χ1n) is 9.55. The molecule has 182 valence electrons. The summed E-state index contributed by atoms with van der Waals surface area (Å²) in [6, 6.07) is -2.49. The normalized spacial score (nSPS) is 14.0. The molecule has 0 aromatic rings. The Balaban J connectivity index is 6.30. The number of carboxylic acids is 1. The van der Waals surface area contributed by atoms with Crippen LogP contribution in [0.3, 0.4) is 0 Å². The lowest BCUT2D eigenvalue weighted by molar-refractivity contribution is -0.145. The van der Waals surface area contributed by atoms with E-state index in [9.17, 15) is 32.8 Å². The fourth-order valence-electron chi connectivity index (χ4n) is 2.15. The number of hydrogen-bond acceptors (Lipinski definition) is 8. The molecule has 2 amide bonds. The number of rotatable bonds is 9. The van der Waals surface area contributed by atoms with Crippen LogP contribution in [0.1, 0.15) is 61.8 Å². The minimum Gasteiger partial charge on any atom is -0.480 e. The van der Waals surface area contributed by atoms with Crippen molar-refractivity contribution in [2.24, 2.45) is 0 Å². The largest absolute Gasteiger partial charge is 0.480 e. The van der Waals surface area contributed by atoms with Crippen molar-refractivity contribution < 1.29 is 51.4 Å². The molecule has 0 rings (SSSR count). The van der Waals surface area contributed by atoms with Gasteiger partial charge in [-0.3, -0.25) is 4.57 Å². The third-order valence-corrected chi connectivity index (χ3v) is 5.39. The van der Waals surface area contributed by atoms with Gasteiger partial charge in [-0.15, -0.1) is 0 Å². The van der Waals surface area contributed by atoms with E-state index in [1.54, 1.807) is 0 Å². The van der Waals surface area contributed by atoms with Crippen LogP contribution in [-0.2, 0) is 27.9 Å². The molecule has 13 heteroatoms. The molecule has 0 saturated heterocycles. The average Bonchev–Trinajstić information content (AvgIpc) is 2.50. The molecule has 0 radical (unpaired) electrons. The number of halogens is 2. The van der Waals surface area contributed by atoms with E-state index in [0.29, 0.717) is 0 Å². The third-order valence-electron chi connectivity index (χ3n) is 3.21. The van der Waals surface area contributed by atoms with Crippen LogP contribution in [0.5, 0.6) is 0 Å². The van der Waals surface area contributed by atoms with Crippen molar-refractivity contribution in [3.8, 4) is 0 Å². The van der Waals surface area contributed by atoms with Crippen LogP contribution >= 0.6 is 7.60 Å². The highest BCUT2D eigenvalue weighted by molar-refractivity contribution is 7.55. The Kier molecular flexibility index (Phi) is 10.1. The molecule has 1 N–H and O–H groups in total. The molecule has 0 bridgehead atoms. The zero-order chi connectivity index (χ0) is 24.8. The number of amides is 2. The number of hydrogen-bond donors (Lipinski definition) is 1. The lowest BCUT2D eigenvalue weighted by Gasteiger charge is -2.34. The SMILES string of the molecule is CCOP(=O)(OCC)C(F)(F)C[C@@H](C(=O)O)N(C(=O)OC(C)(C)C)C(=O)OC(C)(C)C. The third kappa shape index (κ3) is 9.08. The minimum absolute atomic E-state index is 0.0744. The molecule has 0 heterocycles. The fourth-order valence-corrected chi connectivity index (χ4v) is 3.68.